The van der Waals surface area contributed by atoms with Crippen molar-refractivity contribution in [1.29, 1.82) is 5.53 Å². The highest BCUT2D eigenvalue weighted by molar-refractivity contribution is 5.39. The van der Waals surface area contributed by atoms with Crippen LogP contribution in [-0.2, 0) is 0 Å². The lowest BCUT2D eigenvalue weighted by atomic mass is 9.99. The highest BCUT2D eigenvalue weighted by Gasteiger charge is 2.14. The molecule has 0 radical (unpaired) electrons. The van der Waals surface area contributed by atoms with Crippen LogP contribution in [0.2, 0.25) is 0 Å². The van der Waals surface area contributed by atoms with Gasteiger partial charge in [-0.2, -0.15) is 5.11 Å². The van der Waals surface area contributed by atoms with Crippen LogP contribution < -0.4 is 9.47 Å². The van der Waals surface area contributed by atoms with Crippen molar-refractivity contribution in [2.75, 3.05) is 14.2 Å². The third kappa shape index (κ3) is 2.91. The molecule has 0 spiro atoms. The average Bonchev–Trinajstić information content (AvgIpc) is 2.48. The maximum atomic E-state index is 7.43. The molecule has 0 atom stereocenters. The Morgan fingerprint density at radius 2 is 1.37 bits per heavy atom. The topological polar surface area (TPSA) is 54.7 Å². The predicted molar refractivity (Wildman–Crippen MR) is 73.0 cm³/mol. The standard InChI is InChI=1S/C15H16N2O2/c1-18-13-7-3-5-11(9-13)15(17-16)12-6-4-8-14(10-12)19-2/h3-10,15-16H,1-2H3. The lowest BCUT2D eigenvalue weighted by Gasteiger charge is -2.13. The van der Waals surface area contributed by atoms with Gasteiger partial charge in [0, 0.05) is 0 Å². The molecule has 0 aliphatic rings. The van der Waals surface area contributed by atoms with Gasteiger partial charge in [0.05, 0.1) is 14.2 Å². The Morgan fingerprint density at radius 3 is 1.74 bits per heavy atom. The van der Waals surface area contributed by atoms with Crippen molar-refractivity contribution in [3.8, 4) is 11.5 Å². The van der Waals surface area contributed by atoms with E-state index in [0.717, 1.165) is 22.6 Å². The molecule has 0 bridgehead atoms. The Bertz CT molecular complexity index is 522. The first-order valence-corrected chi connectivity index (χ1v) is 5.93. The molecule has 98 valence electrons. The Balaban J connectivity index is 2.40. The highest BCUT2D eigenvalue weighted by atomic mass is 16.5. The van der Waals surface area contributed by atoms with Crippen molar-refractivity contribution in [2.24, 2.45) is 5.11 Å². The molecule has 0 aliphatic heterocycles. The summed E-state index contributed by atoms with van der Waals surface area (Å²) in [6.45, 7) is 0. The molecule has 2 rings (SSSR count). The Hall–Kier alpha value is -2.36. The Labute approximate surface area is 112 Å². The van der Waals surface area contributed by atoms with Crippen LogP contribution in [0, 0.1) is 5.53 Å². The fourth-order valence-electron chi connectivity index (χ4n) is 1.96. The van der Waals surface area contributed by atoms with Crippen LogP contribution in [0.25, 0.3) is 0 Å². The van der Waals surface area contributed by atoms with Crippen LogP contribution in [0.15, 0.2) is 53.6 Å². The van der Waals surface area contributed by atoms with Gasteiger partial charge in [-0.05, 0) is 35.4 Å². The van der Waals surface area contributed by atoms with Crippen LogP contribution in [-0.4, -0.2) is 14.2 Å². The fraction of sp³-hybridized carbons (Fsp3) is 0.200. The fourth-order valence-corrected chi connectivity index (χ4v) is 1.96. The Morgan fingerprint density at radius 1 is 0.895 bits per heavy atom. The van der Waals surface area contributed by atoms with Gasteiger partial charge in [0.1, 0.15) is 17.5 Å². The first-order valence-electron chi connectivity index (χ1n) is 5.93. The lowest BCUT2D eigenvalue weighted by Crippen LogP contribution is -1.98. The summed E-state index contributed by atoms with van der Waals surface area (Å²) >= 11 is 0. The van der Waals surface area contributed by atoms with E-state index in [2.05, 4.69) is 5.11 Å². The molecule has 4 heteroatoms. The highest BCUT2D eigenvalue weighted by Crippen LogP contribution is 2.30. The zero-order valence-electron chi connectivity index (χ0n) is 11.0. The zero-order valence-corrected chi connectivity index (χ0v) is 11.0. The molecule has 1 N–H and O–H groups in total. The second-order valence-electron chi connectivity index (χ2n) is 4.08. The van der Waals surface area contributed by atoms with E-state index in [1.165, 1.54) is 0 Å². The van der Waals surface area contributed by atoms with Crippen LogP contribution in [0.4, 0.5) is 0 Å². The number of rotatable bonds is 5. The van der Waals surface area contributed by atoms with Crippen LogP contribution in [0.5, 0.6) is 11.5 Å². The normalized spacial score (nSPS) is 10.3. The molecular weight excluding hydrogens is 240 g/mol. The largest absolute Gasteiger partial charge is 0.497 e. The minimum Gasteiger partial charge on any atom is -0.497 e. The SMILES string of the molecule is COc1cccc(C(N=N)c2cccc(OC)c2)c1. The van der Waals surface area contributed by atoms with E-state index in [-0.39, 0.29) is 6.04 Å². The van der Waals surface area contributed by atoms with Gasteiger partial charge in [-0.15, -0.1) is 0 Å². The predicted octanol–water partition coefficient (Wildman–Crippen LogP) is 3.82. The number of nitrogens with zero attached hydrogens (tertiary/aromatic N) is 1. The summed E-state index contributed by atoms with van der Waals surface area (Å²) in [6, 6.07) is 14.8. The maximum absolute atomic E-state index is 7.43. The van der Waals surface area contributed by atoms with E-state index >= 15 is 0 Å². The van der Waals surface area contributed by atoms with Gasteiger partial charge < -0.3 is 9.47 Å². The van der Waals surface area contributed by atoms with Gasteiger partial charge in [-0.3, -0.25) is 0 Å². The summed E-state index contributed by atoms with van der Waals surface area (Å²) in [4.78, 5) is 0. The summed E-state index contributed by atoms with van der Waals surface area (Å²) in [7, 11) is 3.25. The molecule has 0 amide bonds. The summed E-state index contributed by atoms with van der Waals surface area (Å²) in [5, 5.41) is 3.72. The van der Waals surface area contributed by atoms with Gasteiger partial charge in [0.25, 0.3) is 0 Å². The van der Waals surface area contributed by atoms with E-state index < -0.39 is 0 Å². The molecule has 2 aromatic carbocycles. The second-order valence-corrected chi connectivity index (χ2v) is 4.08. The van der Waals surface area contributed by atoms with E-state index in [0.29, 0.717) is 0 Å². The van der Waals surface area contributed by atoms with Gasteiger partial charge in [0.15, 0.2) is 0 Å². The molecule has 0 unspecified atom stereocenters. The molecule has 0 heterocycles. The van der Waals surface area contributed by atoms with Crippen molar-refractivity contribution in [3.05, 3.63) is 59.7 Å². The molecule has 0 saturated heterocycles. The summed E-state index contributed by atoms with van der Waals surface area (Å²) in [5.74, 6) is 1.52. The van der Waals surface area contributed by atoms with Crippen LogP contribution in [0.1, 0.15) is 17.2 Å². The van der Waals surface area contributed by atoms with Gasteiger partial charge in [0.2, 0.25) is 0 Å². The third-order valence-corrected chi connectivity index (χ3v) is 2.95. The summed E-state index contributed by atoms with van der Waals surface area (Å²) in [6.07, 6.45) is 0. The van der Waals surface area contributed by atoms with Crippen molar-refractivity contribution in [1.82, 2.24) is 0 Å². The molecule has 0 aromatic heterocycles. The number of hydrogen-bond donors (Lipinski definition) is 1. The zero-order chi connectivity index (χ0) is 13.7. The number of benzene rings is 2. The van der Waals surface area contributed by atoms with Crippen molar-refractivity contribution >= 4 is 0 Å². The number of ether oxygens (including phenoxy) is 2. The number of nitrogens with one attached hydrogen (secondary N) is 1. The van der Waals surface area contributed by atoms with Gasteiger partial charge in [-0.25, -0.2) is 5.53 Å². The molecule has 0 saturated carbocycles. The quantitative estimate of drug-likeness (QED) is 0.827. The maximum Gasteiger partial charge on any atom is 0.121 e. The first kappa shape index (κ1) is 13.1. The molecule has 19 heavy (non-hydrogen) atoms. The molecular formula is C15H16N2O2. The second kappa shape index (κ2) is 6.00. The van der Waals surface area contributed by atoms with Gasteiger partial charge >= 0.3 is 0 Å². The number of methoxy groups -OCH3 is 2. The molecule has 0 fully saturated rings. The van der Waals surface area contributed by atoms with Gasteiger partial charge in [-0.1, -0.05) is 24.3 Å². The minimum absolute atomic E-state index is 0.342. The van der Waals surface area contributed by atoms with Crippen molar-refractivity contribution in [2.45, 2.75) is 6.04 Å². The van der Waals surface area contributed by atoms with Crippen molar-refractivity contribution < 1.29 is 9.47 Å². The van der Waals surface area contributed by atoms with E-state index in [1.54, 1.807) is 14.2 Å². The first-order chi connectivity index (χ1) is 9.28. The molecule has 0 aliphatic carbocycles. The Kier molecular flexibility index (Phi) is 4.13. The number of hydrogen-bond acceptors (Lipinski definition) is 4. The van der Waals surface area contributed by atoms with E-state index in [4.69, 9.17) is 15.0 Å². The van der Waals surface area contributed by atoms with Crippen LogP contribution in [0.3, 0.4) is 0 Å². The smallest absolute Gasteiger partial charge is 0.121 e. The average molecular weight is 256 g/mol. The van der Waals surface area contributed by atoms with E-state index in [9.17, 15) is 0 Å². The monoisotopic (exact) mass is 256 g/mol. The molecule has 4 nitrogen and oxygen atoms in total. The summed E-state index contributed by atoms with van der Waals surface area (Å²) < 4.78 is 10.4. The molecule has 2 aromatic rings. The van der Waals surface area contributed by atoms with E-state index in [1.807, 2.05) is 48.5 Å². The third-order valence-electron chi connectivity index (χ3n) is 2.95. The summed E-state index contributed by atoms with van der Waals surface area (Å²) in [5.41, 5.74) is 9.27. The van der Waals surface area contributed by atoms with Crippen LogP contribution >= 0.6 is 0 Å². The lowest BCUT2D eigenvalue weighted by molar-refractivity contribution is 0.413. The van der Waals surface area contributed by atoms with Crippen molar-refractivity contribution in [3.63, 3.8) is 0 Å². The minimum atomic E-state index is -0.342.